The molecule has 0 aliphatic rings. The van der Waals surface area contributed by atoms with Crippen molar-refractivity contribution in [1.82, 2.24) is 9.88 Å². The van der Waals surface area contributed by atoms with Gasteiger partial charge in [-0.05, 0) is 33.8 Å². The summed E-state index contributed by atoms with van der Waals surface area (Å²) in [6.07, 6.45) is 1.50. The van der Waals surface area contributed by atoms with Crippen molar-refractivity contribution in [2.75, 3.05) is 19.7 Å². The Morgan fingerprint density at radius 1 is 1.42 bits per heavy atom. The Balaban J connectivity index is 2.79. The molecule has 0 spiro atoms. The molecular weight excluding hydrogens is 244 g/mol. The highest BCUT2D eigenvalue weighted by atomic mass is 16.5. The van der Waals surface area contributed by atoms with Gasteiger partial charge in [-0.1, -0.05) is 0 Å². The topological polar surface area (TPSA) is 62.7 Å². The van der Waals surface area contributed by atoms with E-state index in [1.807, 2.05) is 13.8 Å². The molecule has 1 aromatic heterocycles. The lowest BCUT2D eigenvalue weighted by Gasteiger charge is -2.28. The third-order valence-electron chi connectivity index (χ3n) is 2.52. The van der Waals surface area contributed by atoms with Gasteiger partial charge in [-0.25, -0.2) is 4.98 Å². The number of hydrogen-bond acceptors (Lipinski definition) is 4. The monoisotopic (exact) mass is 266 g/mol. The van der Waals surface area contributed by atoms with Crippen molar-refractivity contribution in [2.45, 2.75) is 33.3 Å². The maximum atomic E-state index is 12.3. The van der Waals surface area contributed by atoms with E-state index in [1.54, 1.807) is 30.9 Å². The molecule has 1 N–H and O–H groups in total. The highest BCUT2D eigenvalue weighted by Crippen LogP contribution is 2.12. The minimum atomic E-state index is -0.912. The third-order valence-corrected chi connectivity index (χ3v) is 2.52. The van der Waals surface area contributed by atoms with Crippen LogP contribution in [0.15, 0.2) is 18.3 Å². The number of pyridine rings is 1. The third kappa shape index (κ3) is 4.87. The first-order valence-electron chi connectivity index (χ1n) is 6.48. The standard InChI is InChI=1S/C14H22N2O3/c1-5-16(10-14(3,4)18)13(17)11-7-8-12(15-9-11)19-6-2/h7-9,18H,5-6,10H2,1-4H3. The molecule has 0 aliphatic heterocycles. The van der Waals surface area contributed by atoms with Crippen LogP contribution < -0.4 is 4.74 Å². The van der Waals surface area contributed by atoms with Crippen LogP contribution in [-0.2, 0) is 0 Å². The molecule has 19 heavy (non-hydrogen) atoms. The first-order valence-corrected chi connectivity index (χ1v) is 6.48. The van der Waals surface area contributed by atoms with Crippen LogP contribution in [0.5, 0.6) is 5.88 Å². The molecule has 1 aromatic rings. The maximum absolute atomic E-state index is 12.3. The van der Waals surface area contributed by atoms with Gasteiger partial charge in [0.2, 0.25) is 5.88 Å². The molecule has 0 aliphatic carbocycles. The summed E-state index contributed by atoms with van der Waals surface area (Å²) in [6.45, 7) is 8.49. The summed E-state index contributed by atoms with van der Waals surface area (Å²) in [5.74, 6) is 0.366. The fourth-order valence-corrected chi connectivity index (χ4v) is 1.72. The molecular formula is C14H22N2O3. The second-order valence-electron chi connectivity index (χ2n) is 4.95. The van der Waals surface area contributed by atoms with Crippen LogP contribution in [-0.4, -0.2) is 46.2 Å². The molecule has 0 saturated heterocycles. The van der Waals surface area contributed by atoms with Crippen molar-refractivity contribution in [3.05, 3.63) is 23.9 Å². The molecule has 0 aromatic carbocycles. The molecule has 106 valence electrons. The number of rotatable bonds is 6. The molecule has 5 heteroatoms. The van der Waals surface area contributed by atoms with E-state index in [-0.39, 0.29) is 12.5 Å². The zero-order valence-electron chi connectivity index (χ0n) is 12.0. The molecule has 0 saturated carbocycles. The molecule has 5 nitrogen and oxygen atoms in total. The van der Waals surface area contributed by atoms with Gasteiger partial charge >= 0.3 is 0 Å². The van der Waals surface area contributed by atoms with Gasteiger partial charge in [0.15, 0.2) is 0 Å². The van der Waals surface area contributed by atoms with E-state index in [0.717, 1.165) is 0 Å². The van der Waals surface area contributed by atoms with Gasteiger partial charge in [-0.15, -0.1) is 0 Å². The number of carbonyl (C=O) groups excluding carboxylic acids is 1. The van der Waals surface area contributed by atoms with Gasteiger partial charge in [0.05, 0.1) is 17.8 Å². The zero-order valence-corrected chi connectivity index (χ0v) is 12.0. The van der Waals surface area contributed by atoms with Gasteiger partial charge in [-0.2, -0.15) is 0 Å². The van der Waals surface area contributed by atoms with Crippen LogP contribution >= 0.6 is 0 Å². The molecule has 0 bridgehead atoms. The Bertz CT molecular complexity index is 410. The minimum absolute atomic E-state index is 0.139. The average Bonchev–Trinajstić information content (AvgIpc) is 2.35. The Morgan fingerprint density at radius 3 is 2.53 bits per heavy atom. The fraction of sp³-hybridized carbons (Fsp3) is 0.571. The van der Waals surface area contributed by atoms with Crippen molar-refractivity contribution >= 4 is 5.91 Å². The van der Waals surface area contributed by atoms with Crippen LogP contribution in [0.1, 0.15) is 38.1 Å². The second kappa shape index (κ2) is 6.52. The number of likely N-dealkylation sites (N-methyl/N-ethyl adjacent to an activating group) is 1. The summed E-state index contributed by atoms with van der Waals surface area (Å²) >= 11 is 0. The predicted octanol–water partition coefficient (Wildman–Crippen LogP) is 1.71. The largest absolute Gasteiger partial charge is 0.478 e. The van der Waals surface area contributed by atoms with Crippen molar-refractivity contribution < 1.29 is 14.6 Å². The molecule has 0 radical (unpaired) electrons. The minimum Gasteiger partial charge on any atom is -0.478 e. The van der Waals surface area contributed by atoms with Crippen molar-refractivity contribution in [3.63, 3.8) is 0 Å². The smallest absolute Gasteiger partial charge is 0.255 e. The number of hydrogen-bond donors (Lipinski definition) is 1. The number of amides is 1. The molecule has 1 rings (SSSR count). The highest BCUT2D eigenvalue weighted by molar-refractivity contribution is 5.94. The van der Waals surface area contributed by atoms with E-state index in [9.17, 15) is 9.90 Å². The number of carbonyl (C=O) groups is 1. The first-order chi connectivity index (χ1) is 8.87. The second-order valence-corrected chi connectivity index (χ2v) is 4.95. The van der Waals surface area contributed by atoms with E-state index in [0.29, 0.717) is 24.6 Å². The summed E-state index contributed by atoms with van der Waals surface area (Å²) < 4.78 is 5.23. The van der Waals surface area contributed by atoms with Crippen LogP contribution in [0.25, 0.3) is 0 Å². The van der Waals surface area contributed by atoms with E-state index in [1.165, 1.54) is 6.20 Å². The van der Waals surface area contributed by atoms with Crippen molar-refractivity contribution in [2.24, 2.45) is 0 Å². The summed E-state index contributed by atoms with van der Waals surface area (Å²) in [4.78, 5) is 17.9. The lowest BCUT2D eigenvalue weighted by Crippen LogP contribution is -2.42. The van der Waals surface area contributed by atoms with E-state index < -0.39 is 5.60 Å². The fourth-order valence-electron chi connectivity index (χ4n) is 1.72. The molecule has 1 heterocycles. The Labute approximate surface area is 114 Å². The molecule has 0 atom stereocenters. The van der Waals surface area contributed by atoms with Gasteiger partial charge < -0.3 is 14.7 Å². The SMILES string of the molecule is CCOc1ccc(C(=O)N(CC)CC(C)(C)O)cn1. The summed E-state index contributed by atoms with van der Waals surface area (Å²) in [7, 11) is 0. The van der Waals surface area contributed by atoms with E-state index in [4.69, 9.17) is 4.74 Å². The average molecular weight is 266 g/mol. The summed E-state index contributed by atoms with van der Waals surface area (Å²) in [6, 6.07) is 3.36. The number of aliphatic hydroxyl groups is 1. The van der Waals surface area contributed by atoms with Crippen molar-refractivity contribution in [3.8, 4) is 5.88 Å². The van der Waals surface area contributed by atoms with Gasteiger partial charge in [0.25, 0.3) is 5.91 Å². The lowest BCUT2D eigenvalue weighted by atomic mass is 10.1. The number of aromatic nitrogens is 1. The Morgan fingerprint density at radius 2 is 2.11 bits per heavy atom. The van der Waals surface area contributed by atoms with Crippen LogP contribution in [0.2, 0.25) is 0 Å². The van der Waals surface area contributed by atoms with Gasteiger partial charge in [-0.3, -0.25) is 4.79 Å². The lowest BCUT2D eigenvalue weighted by molar-refractivity contribution is 0.0314. The highest BCUT2D eigenvalue weighted by Gasteiger charge is 2.22. The molecule has 0 fully saturated rings. The van der Waals surface area contributed by atoms with Crippen LogP contribution in [0.4, 0.5) is 0 Å². The van der Waals surface area contributed by atoms with E-state index in [2.05, 4.69) is 4.98 Å². The van der Waals surface area contributed by atoms with Crippen molar-refractivity contribution in [1.29, 1.82) is 0 Å². The maximum Gasteiger partial charge on any atom is 0.255 e. The summed E-state index contributed by atoms with van der Waals surface area (Å²) in [5.41, 5.74) is -0.417. The Hall–Kier alpha value is -1.62. The van der Waals surface area contributed by atoms with Crippen LogP contribution in [0.3, 0.4) is 0 Å². The van der Waals surface area contributed by atoms with Crippen LogP contribution in [0, 0.1) is 0 Å². The predicted molar refractivity (Wildman–Crippen MR) is 73.3 cm³/mol. The number of nitrogens with zero attached hydrogens (tertiary/aromatic N) is 2. The van der Waals surface area contributed by atoms with E-state index >= 15 is 0 Å². The van der Waals surface area contributed by atoms with Gasteiger partial charge in [0.1, 0.15) is 0 Å². The number of ether oxygens (including phenoxy) is 1. The quantitative estimate of drug-likeness (QED) is 0.851. The normalized spacial score (nSPS) is 11.2. The zero-order chi connectivity index (χ0) is 14.5. The molecule has 1 amide bonds. The Kier molecular flexibility index (Phi) is 5.30. The first kappa shape index (κ1) is 15.4. The molecule has 0 unspecified atom stereocenters. The summed E-state index contributed by atoms with van der Waals surface area (Å²) in [5, 5.41) is 9.80. The van der Waals surface area contributed by atoms with Gasteiger partial charge in [0, 0.05) is 25.4 Å².